The van der Waals surface area contributed by atoms with Crippen molar-refractivity contribution in [2.75, 3.05) is 0 Å². The number of carbonyl (C=O) groups excluding carboxylic acids is 3. The number of phenolic OH excluding ortho intramolecular Hbond substituents is 1. The van der Waals surface area contributed by atoms with Crippen molar-refractivity contribution in [1.82, 2.24) is 0 Å². The lowest BCUT2D eigenvalue weighted by molar-refractivity contribution is -0.140. The molecule has 1 aliphatic carbocycles. The number of aromatic hydroxyl groups is 1. The Labute approximate surface area is 138 Å². The highest BCUT2D eigenvalue weighted by atomic mass is 16.6. The minimum Gasteiger partial charge on any atom is -0.507 e. The highest BCUT2D eigenvalue weighted by Gasteiger charge is 2.51. The van der Waals surface area contributed by atoms with Crippen LogP contribution in [0.1, 0.15) is 46.9 Å². The maximum Gasteiger partial charge on any atom is 0.309 e. The van der Waals surface area contributed by atoms with Gasteiger partial charge in [0.05, 0.1) is 23.7 Å². The number of hydrogen-bond acceptors (Lipinski definition) is 6. The molecule has 1 saturated heterocycles. The van der Waals surface area contributed by atoms with E-state index in [2.05, 4.69) is 0 Å². The summed E-state index contributed by atoms with van der Waals surface area (Å²) in [6, 6.07) is 4.41. The summed E-state index contributed by atoms with van der Waals surface area (Å²) >= 11 is 0. The lowest BCUT2D eigenvalue weighted by Crippen LogP contribution is -2.45. The van der Waals surface area contributed by atoms with Crippen LogP contribution in [-0.2, 0) is 14.3 Å². The first kappa shape index (κ1) is 15.1. The zero-order chi connectivity index (χ0) is 17.0. The average Bonchev–Trinajstić information content (AvgIpc) is 2.91. The van der Waals surface area contributed by atoms with Gasteiger partial charge in [-0.1, -0.05) is 25.5 Å². The molecular weight excluding hydrogens is 312 g/mol. The number of ketones is 2. The maximum absolute atomic E-state index is 13.0. The zero-order valence-corrected chi connectivity index (χ0v) is 13.1. The third kappa shape index (κ3) is 1.96. The first-order valence-corrected chi connectivity index (χ1v) is 8.03. The Morgan fingerprint density at radius 3 is 2.71 bits per heavy atom. The van der Waals surface area contributed by atoms with Gasteiger partial charge in [-0.25, -0.2) is 0 Å². The first-order valence-electron chi connectivity index (χ1n) is 8.03. The molecule has 124 valence electrons. The topological polar surface area (TPSA) is 89.9 Å². The van der Waals surface area contributed by atoms with Gasteiger partial charge < -0.3 is 14.6 Å². The van der Waals surface area contributed by atoms with E-state index in [-0.39, 0.29) is 40.2 Å². The standard InChI is InChI=1S/C18H16O6/c1-2-4-10-14-15(18-11(23-10)7-12(20)24-18)16(21)8-5-3-6-9(19)13(8)17(14)22/h3,5-6,10-11,18-19H,2,4,7H2,1H3/t10-,11+,18-/m0/s1. The fraction of sp³-hybridized carbons (Fsp3) is 0.389. The third-order valence-electron chi connectivity index (χ3n) is 4.75. The predicted octanol–water partition coefficient (Wildman–Crippen LogP) is 1.95. The van der Waals surface area contributed by atoms with Crippen LogP contribution in [0, 0.1) is 0 Å². The van der Waals surface area contributed by atoms with Gasteiger partial charge in [0.1, 0.15) is 11.9 Å². The summed E-state index contributed by atoms with van der Waals surface area (Å²) in [7, 11) is 0. The Kier molecular flexibility index (Phi) is 3.31. The second kappa shape index (κ2) is 5.27. The van der Waals surface area contributed by atoms with E-state index in [9.17, 15) is 19.5 Å². The fourth-order valence-corrected chi connectivity index (χ4v) is 3.75. The van der Waals surface area contributed by atoms with Crippen molar-refractivity contribution in [2.24, 2.45) is 0 Å². The quantitative estimate of drug-likeness (QED) is 0.835. The van der Waals surface area contributed by atoms with Gasteiger partial charge in [0.15, 0.2) is 17.7 Å². The van der Waals surface area contributed by atoms with Gasteiger partial charge >= 0.3 is 5.97 Å². The van der Waals surface area contributed by atoms with Crippen LogP contribution >= 0.6 is 0 Å². The summed E-state index contributed by atoms with van der Waals surface area (Å²) in [6.45, 7) is 1.95. The molecule has 0 unspecified atom stereocenters. The minimum atomic E-state index is -0.840. The Morgan fingerprint density at radius 2 is 1.96 bits per heavy atom. The van der Waals surface area contributed by atoms with Crippen molar-refractivity contribution in [2.45, 2.75) is 44.5 Å². The number of esters is 1. The lowest BCUT2D eigenvalue weighted by atomic mass is 9.76. The fourth-order valence-electron chi connectivity index (χ4n) is 3.75. The normalized spacial score (nSPS) is 28.4. The molecule has 3 aliphatic rings. The SMILES string of the molecule is CCC[C@@H]1O[C@@H]2CC(=O)O[C@@H]2C2=C1C(=O)c1c(O)cccc1C2=O. The number of ether oxygens (including phenoxy) is 2. The number of fused-ring (bicyclic) bond motifs is 3. The molecule has 1 fully saturated rings. The van der Waals surface area contributed by atoms with Gasteiger partial charge in [0.25, 0.3) is 0 Å². The van der Waals surface area contributed by atoms with Gasteiger partial charge in [-0.05, 0) is 12.5 Å². The largest absolute Gasteiger partial charge is 0.507 e. The first-order chi connectivity index (χ1) is 11.5. The van der Waals surface area contributed by atoms with Crippen LogP contribution in [0.3, 0.4) is 0 Å². The molecule has 1 aromatic carbocycles. The lowest BCUT2D eigenvalue weighted by Gasteiger charge is -2.36. The number of carbonyl (C=O) groups is 3. The molecule has 6 heteroatoms. The summed E-state index contributed by atoms with van der Waals surface area (Å²) in [4.78, 5) is 37.6. The van der Waals surface area contributed by atoms with E-state index in [0.717, 1.165) is 6.42 Å². The Bertz CT molecular complexity index is 806. The van der Waals surface area contributed by atoms with Crippen LogP contribution in [0.4, 0.5) is 0 Å². The van der Waals surface area contributed by atoms with Crippen molar-refractivity contribution >= 4 is 17.5 Å². The Balaban J connectivity index is 1.92. The van der Waals surface area contributed by atoms with Gasteiger partial charge in [-0.2, -0.15) is 0 Å². The molecule has 4 rings (SSSR count). The summed E-state index contributed by atoms with van der Waals surface area (Å²) in [5.74, 6) is -1.45. The van der Waals surface area contributed by atoms with Gasteiger partial charge in [0.2, 0.25) is 0 Å². The number of rotatable bonds is 2. The van der Waals surface area contributed by atoms with E-state index in [0.29, 0.717) is 6.42 Å². The Morgan fingerprint density at radius 1 is 1.17 bits per heavy atom. The Hall–Kier alpha value is -2.47. The number of phenols is 1. The van der Waals surface area contributed by atoms with Crippen molar-refractivity contribution < 1.29 is 29.0 Å². The molecule has 1 aromatic rings. The molecule has 2 heterocycles. The van der Waals surface area contributed by atoms with Gasteiger partial charge in [-0.15, -0.1) is 0 Å². The van der Waals surface area contributed by atoms with Crippen molar-refractivity contribution in [3.63, 3.8) is 0 Å². The number of Topliss-reactive ketones (excluding diaryl/α,β-unsaturated/α-hetero) is 2. The monoisotopic (exact) mass is 328 g/mol. The van der Waals surface area contributed by atoms with E-state index >= 15 is 0 Å². The van der Waals surface area contributed by atoms with Crippen molar-refractivity contribution in [3.8, 4) is 5.75 Å². The highest BCUT2D eigenvalue weighted by molar-refractivity contribution is 6.29. The maximum atomic E-state index is 13.0. The van der Waals surface area contributed by atoms with Crippen LogP contribution in [0.15, 0.2) is 29.3 Å². The summed E-state index contributed by atoms with van der Waals surface area (Å²) in [5, 5.41) is 10.1. The van der Waals surface area contributed by atoms with E-state index in [1.54, 1.807) is 0 Å². The van der Waals surface area contributed by atoms with Crippen LogP contribution < -0.4 is 0 Å². The molecule has 0 radical (unpaired) electrons. The van der Waals surface area contributed by atoms with Crippen LogP contribution in [0.2, 0.25) is 0 Å². The third-order valence-corrected chi connectivity index (χ3v) is 4.75. The van der Waals surface area contributed by atoms with Crippen molar-refractivity contribution in [1.29, 1.82) is 0 Å². The smallest absolute Gasteiger partial charge is 0.309 e. The molecule has 1 N–H and O–H groups in total. The van der Waals surface area contributed by atoms with E-state index in [4.69, 9.17) is 9.47 Å². The summed E-state index contributed by atoms with van der Waals surface area (Å²) in [5.41, 5.74) is 0.608. The van der Waals surface area contributed by atoms with Crippen molar-refractivity contribution in [3.05, 3.63) is 40.5 Å². The molecule has 6 nitrogen and oxygen atoms in total. The number of benzene rings is 1. The highest BCUT2D eigenvalue weighted by Crippen LogP contribution is 2.43. The average molecular weight is 328 g/mol. The zero-order valence-electron chi connectivity index (χ0n) is 13.1. The molecule has 2 aliphatic heterocycles. The molecular formula is C18H16O6. The molecule has 24 heavy (non-hydrogen) atoms. The molecule has 0 spiro atoms. The van der Waals surface area contributed by atoms with Crippen LogP contribution in [0.25, 0.3) is 0 Å². The van der Waals surface area contributed by atoms with Crippen LogP contribution in [-0.4, -0.2) is 41.0 Å². The molecule has 0 amide bonds. The molecule has 0 aromatic heterocycles. The molecule has 0 bridgehead atoms. The summed E-state index contributed by atoms with van der Waals surface area (Å²) < 4.78 is 11.2. The van der Waals surface area contributed by atoms with Gasteiger partial charge in [0, 0.05) is 11.1 Å². The summed E-state index contributed by atoms with van der Waals surface area (Å²) in [6.07, 6.45) is -0.558. The molecule has 0 saturated carbocycles. The van der Waals surface area contributed by atoms with Crippen LogP contribution in [0.5, 0.6) is 5.75 Å². The van der Waals surface area contributed by atoms with E-state index in [1.165, 1.54) is 18.2 Å². The second-order valence-electron chi connectivity index (χ2n) is 6.25. The second-order valence-corrected chi connectivity index (χ2v) is 6.25. The number of hydrogen-bond donors (Lipinski definition) is 1. The predicted molar refractivity (Wildman–Crippen MR) is 81.9 cm³/mol. The van der Waals surface area contributed by atoms with E-state index in [1.807, 2.05) is 6.92 Å². The minimum absolute atomic E-state index is 0.00808. The van der Waals surface area contributed by atoms with Gasteiger partial charge in [-0.3, -0.25) is 14.4 Å². The van der Waals surface area contributed by atoms with E-state index < -0.39 is 30.1 Å². The molecule has 3 atom stereocenters.